The van der Waals surface area contributed by atoms with E-state index in [0.29, 0.717) is 44.9 Å². The molecule has 0 unspecified atom stereocenters. The minimum Gasteiger partial charge on any atom is -0.284 e. The van der Waals surface area contributed by atoms with Crippen molar-refractivity contribution < 1.29 is 17.8 Å². The second-order valence-electron chi connectivity index (χ2n) is 6.74. The average Bonchev–Trinajstić information content (AvgIpc) is 3.15. The first-order valence-electron chi connectivity index (χ1n) is 9.27. The molecular formula is C19H22ClN5O4S. The summed E-state index contributed by atoms with van der Waals surface area (Å²) in [7, 11) is -2.91. The van der Waals surface area contributed by atoms with Gasteiger partial charge in [0.1, 0.15) is 11.5 Å². The molecule has 0 saturated carbocycles. The molecule has 3 aromatic rings. The van der Waals surface area contributed by atoms with E-state index >= 15 is 0 Å². The van der Waals surface area contributed by atoms with Crippen molar-refractivity contribution in [3.8, 4) is 5.82 Å². The Bertz CT molecular complexity index is 1230. The van der Waals surface area contributed by atoms with Crippen molar-refractivity contribution in [2.45, 2.75) is 26.7 Å². The Morgan fingerprint density at radius 3 is 2.80 bits per heavy atom. The first-order valence-corrected chi connectivity index (χ1v) is 11.0. The molecule has 0 bridgehead atoms. The molecule has 0 aliphatic rings. The highest BCUT2D eigenvalue weighted by Crippen LogP contribution is 2.29. The van der Waals surface area contributed by atoms with E-state index in [1.165, 1.54) is 6.08 Å². The van der Waals surface area contributed by atoms with Crippen molar-refractivity contribution >= 4 is 44.9 Å². The molecule has 0 aliphatic carbocycles. The Morgan fingerprint density at radius 1 is 1.40 bits per heavy atom. The number of rotatable bonds is 7. The number of hydrogen-bond acceptors (Lipinski definition) is 5. The molecule has 3 heterocycles. The lowest BCUT2D eigenvalue weighted by atomic mass is 10.2. The van der Waals surface area contributed by atoms with Crippen LogP contribution in [0.25, 0.3) is 22.9 Å². The number of halogens is 1. The summed E-state index contributed by atoms with van der Waals surface area (Å²) in [5, 5.41) is 5.68. The third-order valence-corrected chi connectivity index (χ3v) is 5.83. The molecule has 9 nitrogen and oxygen atoms in total. The van der Waals surface area contributed by atoms with Gasteiger partial charge in [-0.05, 0) is 31.6 Å². The summed E-state index contributed by atoms with van der Waals surface area (Å²) in [4.78, 5) is 16.9. The maximum absolute atomic E-state index is 12.5. The third kappa shape index (κ3) is 4.25. The number of unbranched alkanes of at least 4 members (excludes halogenated alkanes) is 1. The summed E-state index contributed by atoms with van der Waals surface area (Å²) in [5.41, 5.74) is 1.84. The minimum absolute atomic E-state index is 0.0981. The fraction of sp³-hybridized carbons (Fsp3) is 0.316. The van der Waals surface area contributed by atoms with Crippen LogP contribution in [0.2, 0.25) is 5.02 Å². The lowest BCUT2D eigenvalue weighted by molar-refractivity contribution is -0.121. The van der Waals surface area contributed by atoms with Crippen LogP contribution in [0, 0.1) is 6.92 Å². The Labute approximate surface area is 179 Å². The number of pyridine rings is 1. The summed E-state index contributed by atoms with van der Waals surface area (Å²) >= 11 is 6.34. The minimum atomic E-state index is -4.65. The number of carbonyl (C=O) groups is 1. The maximum Gasteiger partial charge on any atom is 0.362 e. The summed E-state index contributed by atoms with van der Waals surface area (Å²) in [5.74, 6) is -0.229. The highest BCUT2D eigenvalue weighted by molar-refractivity contribution is 7.84. The van der Waals surface area contributed by atoms with E-state index in [-0.39, 0.29) is 6.54 Å². The number of aromatic nitrogens is 4. The van der Waals surface area contributed by atoms with E-state index in [2.05, 4.69) is 10.1 Å². The standard InChI is InChI=1S/C19H22ClN5O4S/c1-4-5-11-25(30(27,28)29)17(26)9-8-14-13(2)22-23(3)19(14)24-12-16(20)15-7-6-10-21-18(15)24/h6-10,12H,4-5,11H2,1-3H3,(H,27,28,29). The van der Waals surface area contributed by atoms with Crippen LogP contribution in [0.4, 0.5) is 0 Å². The number of aryl methyl sites for hydroxylation is 2. The van der Waals surface area contributed by atoms with Gasteiger partial charge < -0.3 is 0 Å². The number of fused-ring (bicyclic) bond motifs is 1. The number of amides is 1. The van der Waals surface area contributed by atoms with Crippen molar-refractivity contribution in [1.29, 1.82) is 0 Å². The zero-order valence-corrected chi connectivity index (χ0v) is 18.4. The topological polar surface area (TPSA) is 110 Å². The molecule has 0 spiro atoms. The molecule has 160 valence electrons. The summed E-state index contributed by atoms with van der Waals surface area (Å²) in [6.07, 6.45) is 7.06. The zero-order chi connectivity index (χ0) is 22.1. The Hall–Kier alpha value is -2.69. The van der Waals surface area contributed by atoms with Gasteiger partial charge in [0.25, 0.3) is 5.91 Å². The average molecular weight is 452 g/mol. The fourth-order valence-electron chi connectivity index (χ4n) is 3.20. The van der Waals surface area contributed by atoms with Crippen LogP contribution in [0.15, 0.2) is 30.6 Å². The van der Waals surface area contributed by atoms with Crippen LogP contribution in [-0.2, 0) is 22.1 Å². The molecule has 0 atom stereocenters. The van der Waals surface area contributed by atoms with Gasteiger partial charge in [-0.2, -0.15) is 13.5 Å². The fourth-order valence-corrected chi connectivity index (χ4v) is 4.10. The first-order chi connectivity index (χ1) is 14.1. The second-order valence-corrected chi connectivity index (χ2v) is 8.49. The molecule has 11 heteroatoms. The lowest BCUT2D eigenvalue weighted by Gasteiger charge is -2.16. The molecular weight excluding hydrogens is 430 g/mol. The number of hydrogen-bond donors (Lipinski definition) is 1. The van der Waals surface area contributed by atoms with E-state index < -0.39 is 16.2 Å². The SMILES string of the molecule is CCCCN(C(=O)C=Cc1c(C)nn(C)c1-n1cc(Cl)c2cccnc21)S(=O)(=O)O. The van der Waals surface area contributed by atoms with E-state index in [1.54, 1.807) is 41.7 Å². The molecule has 1 amide bonds. The van der Waals surface area contributed by atoms with Gasteiger partial charge in [-0.25, -0.2) is 9.29 Å². The van der Waals surface area contributed by atoms with Gasteiger partial charge in [0, 0.05) is 43.0 Å². The summed E-state index contributed by atoms with van der Waals surface area (Å²) in [6, 6.07) is 3.63. The largest absolute Gasteiger partial charge is 0.362 e. The van der Waals surface area contributed by atoms with Crippen molar-refractivity contribution in [3.05, 3.63) is 46.9 Å². The molecule has 1 N–H and O–H groups in total. The summed E-state index contributed by atoms with van der Waals surface area (Å²) in [6.45, 7) is 3.53. The molecule has 0 aliphatic heterocycles. The molecule has 0 fully saturated rings. The van der Waals surface area contributed by atoms with Crippen LogP contribution in [0.1, 0.15) is 31.0 Å². The molecule has 30 heavy (non-hydrogen) atoms. The molecule has 3 rings (SSSR count). The molecule has 0 aromatic carbocycles. The van der Waals surface area contributed by atoms with E-state index in [4.69, 9.17) is 11.6 Å². The van der Waals surface area contributed by atoms with Crippen LogP contribution in [-0.4, -0.2) is 49.1 Å². The Kier molecular flexibility index (Phi) is 6.30. The predicted molar refractivity (Wildman–Crippen MR) is 115 cm³/mol. The van der Waals surface area contributed by atoms with E-state index in [1.807, 2.05) is 13.0 Å². The van der Waals surface area contributed by atoms with Crippen LogP contribution < -0.4 is 0 Å². The van der Waals surface area contributed by atoms with Gasteiger partial charge >= 0.3 is 10.3 Å². The van der Waals surface area contributed by atoms with E-state index in [9.17, 15) is 17.8 Å². The first kappa shape index (κ1) is 22.0. The van der Waals surface area contributed by atoms with Crippen LogP contribution in [0.5, 0.6) is 0 Å². The van der Waals surface area contributed by atoms with E-state index in [0.717, 1.165) is 11.5 Å². The van der Waals surface area contributed by atoms with Gasteiger partial charge in [0.2, 0.25) is 0 Å². The van der Waals surface area contributed by atoms with Crippen molar-refractivity contribution in [2.75, 3.05) is 6.54 Å². The monoisotopic (exact) mass is 451 g/mol. The Morgan fingerprint density at radius 2 is 2.13 bits per heavy atom. The predicted octanol–water partition coefficient (Wildman–Crippen LogP) is 3.17. The van der Waals surface area contributed by atoms with Gasteiger partial charge in [-0.15, -0.1) is 0 Å². The van der Waals surface area contributed by atoms with Gasteiger partial charge in [0.05, 0.1) is 10.7 Å². The smallest absolute Gasteiger partial charge is 0.284 e. The lowest BCUT2D eigenvalue weighted by Crippen LogP contribution is -2.36. The maximum atomic E-state index is 12.5. The molecule has 3 aromatic heterocycles. The second kappa shape index (κ2) is 8.58. The normalized spacial score (nSPS) is 12.2. The molecule has 0 radical (unpaired) electrons. The van der Waals surface area contributed by atoms with Crippen LogP contribution >= 0.6 is 11.6 Å². The number of carbonyl (C=O) groups excluding carboxylic acids is 1. The Balaban J connectivity index is 2.05. The van der Waals surface area contributed by atoms with Crippen molar-refractivity contribution in [1.82, 2.24) is 23.6 Å². The van der Waals surface area contributed by atoms with Gasteiger partial charge in [-0.1, -0.05) is 24.9 Å². The van der Waals surface area contributed by atoms with Gasteiger partial charge in [0.15, 0.2) is 0 Å². The highest BCUT2D eigenvalue weighted by Gasteiger charge is 2.23. The van der Waals surface area contributed by atoms with Gasteiger partial charge in [-0.3, -0.25) is 18.6 Å². The highest BCUT2D eigenvalue weighted by atomic mass is 35.5. The summed E-state index contributed by atoms with van der Waals surface area (Å²) < 4.78 is 36.4. The quantitative estimate of drug-likeness (QED) is 0.436. The van der Waals surface area contributed by atoms with Crippen molar-refractivity contribution in [2.24, 2.45) is 7.05 Å². The van der Waals surface area contributed by atoms with Crippen LogP contribution in [0.3, 0.4) is 0 Å². The molecule has 0 saturated heterocycles. The third-order valence-electron chi connectivity index (χ3n) is 4.61. The zero-order valence-electron chi connectivity index (χ0n) is 16.8. The van der Waals surface area contributed by atoms with Crippen molar-refractivity contribution in [3.63, 3.8) is 0 Å². The number of nitrogens with zero attached hydrogens (tertiary/aromatic N) is 5.